The lowest BCUT2D eigenvalue weighted by atomic mass is 10.2. The molecule has 1 rings (SSSR count). The monoisotopic (exact) mass is 179 g/mol. The molecule has 0 aromatic carbocycles. The van der Waals surface area contributed by atoms with Gasteiger partial charge in [-0.25, -0.2) is 0 Å². The van der Waals surface area contributed by atoms with Gasteiger partial charge in [0.1, 0.15) is 0 Å². The van der Waals surface area contributed by atoms with Crippen LogP contribution in [0.1, 0.15) is 11.3 Å². The molecule has 0 aliphatic heterocycles. The fourth-order valence-corrected chi connectivity index (χ4v) is 0.987. The Bertz CT molecular complexity index is 299. The Morgan fingerprint density at radius 3 is 3.08 bits per heavy atom. The number of carbonyl (C=O) groups excluding carboxylic acids is 1. The van der Waals surface area contributed by atoms with Gasteiger partial charge in [0.2, 0.25) is 5.91 Å². The van der Waals surface area contributed by atoms with Crippen LogP contribution in [-0.2, 0) is 11.3 Å². The van der Waals surface area contributed by atoms with E-state index in [1.54, 1.807) is 6.20 Å². The fourth-order valence-electron chi connectivity index (χ4n) is 0.987. The Morgan fingerprint density at radius 2 is 2.46 bits per heavy atom. The summed E-state index contributed by atoms with van der Waals surface area (Å²) in [7, 11) is 0. The molecular formula is C9H13N3O. The third-order valence-corrected chi connectivity index (χ3v) is 1.64. The maximum atomic E-state index is 10.8. The summed E-state index contributed by atoms with van der Waals surface area (Å²) >= 11 is 0. The van der Waals surface area contributed by atoms with Gasteiger partial charge in [0.25, 0.3) is 0 Å². The van der Waals surface area contributed by atoms with Gasteiger partial charge in [0.15, 0.2) is 0 Å². The van der Waals surface area contributed by atoms with E-state index in [0.29, 0.717) is 6.54 Å². The summed E-state index contributed by atoms with van der Waals surface area (Å²) < 4.78 is 0. The van der Waals surface area contributed by atoms with E-state index in [1.807, 2.05) is 19.1 Å². The maximum Gasteiger partial charge on any atom is 0.234 e. The number of hydrogen-bond donors (Lipinski definition) is 2. The zero-order chi connectivity index (χ0) is 9.68. The first kappa shape index (κ1) is 9.67. The molecule has 0 unspecified atom stereocenters. The second-order valence-corrected chi connectivity index (χ2v) is 2.79. The number of rotatable bonds is 3. The van der Waals surface area contributed by atoms with Crippen LogP contribution in [0.25, 0.3) is 0 Å². The molecule has 0 bridgehead atoms. The molecule has 0 saturated carbocycles. The first-order valence-corrected chi connectivity index (χ1v) is 4.10. The minimum absolute atomic E-state index is 0.0318. The smallest absolute Gasteiger partial charge is 0.234 e. The summed E-state index contributed by atoms with van der Waals surface area (Å²) in [6.45, 7) is 2.46. The highest BCUT2D eigenvalue weighted by Gasteiger charge is 1.97. The molecule has 1 heterocycles. The molecular weight excluding hydrogens is 166 g/mol. The molecule has 0 atom stereocenters. The minimum atomic E-state index is -0.144. The molecule has 0 spiro atoms. The molecule has 1 aromatic rings. The lowest BCUT2D eigenvalue weighted by molar-refractivity contribution is -0.119. The number of nitrogens with two attached hydrogens (primary N) is 1. The van der Waals surface area contributed by atoms with E-state index in [4.69, 9.17) is 5.73 Å². The van der Waals surface area contributed by atoms with Gasteiger partial charge >= 0.3 is 0 Å². The first-order valence-electron chi connectivity index (χ1n) is 4.10. The van der Waals surface area contributed by atoms with Crippen molar-refractivity contribution in [2.24, 2.45) is 5.73 Å². The van der Waals surface area contributed by atoms with Crippen molar-refractivity contribution >= 4 is 5.91 Å². The number of amides is 1. The average Bonchev–Trinajstić information content (AvgIpc) is 2.14. The van der Waals surface area contributed by atoms with Crippen molar-refractivity contribution in [1.82, 2.24) is 10.3 Å². The quantitative estimate of drug-likeness (QED) is 0.684. The third kappa shape index (κ3) is 3.21. The van der Waals surface area contributed by atoms with Gasteiger partial charge in [-0.2, -0.15) is 0 Å². The predicted molar refractivity (Wildman–Crippen MR) is 49.9 cm³/mol. The van der Waals surface area contributed by atoms with Gasteiger partial charge < -0.3 is 11.1 Å². The zero-order valence-electron chi connectivity index (χ0n) is 7.58. The summed E-state index contributed by atoms with van der Waals surface area (Å²) in [4.78, 5) is 14.9. The molecule has 1 amide bonds. The molecule has 0 aliphatic carbocycles. The van der Waals surface area contributed by atoms with Crippen molar-refractivity contribution in [3.05, 3.63) is 29.6 Å². The van der Waals surface area contributed by atoms with Crippen LogP contribution in [0, 0.1) is 6.92 Å². The number of carbonyl (C=O) groups is 1. The summed E-state index contributed by atoms with van der Waals surface area (Å²) in [6.07, 6.45) is 1.72. The number of hydrogen-bond acceptors (Lipinski definition) is 3. The van der Waals surface area contributed by atoms with Gasteiger partial charge in [0, 0.05) is 18.4 Å². The topological polar surface area (TPSA) is 68.0 Å². The summed E-state index contributed by atoms with van der Waals surface area (Å²) in [5.41, 5.74) is 7.12. The van der Waals surface area contributed by atoms with Crippen molar-refractivity contribution in [3.8, 4) is 0 Å². The van der Waals surface area contributed by atoms with Crippen LogP contribution in [0.3, 0.4) is 0 Å². The molecule has 3 N–H and O–H groups in total. The van der Waals surface area contributed by atoms with E-state index in [2.05, 4.69) is 10.3 Å². The van der Waals surface area contributed by atoms with Gasteiger partial charge in [-0.15, -0.1) is 0 Å². The number of aromatic nitrogens is 1. The van der Waals surface area contributed by atoms with E-state index in [1.165, 1.54) is 0 Å². The third-order valence-electron chi connectivity index (χ3n) is 1.64. The summed E-state index contributed by atoms with van der Waals surface area (Å²) in [5.74, 6) is -0.144. The Hall–Kier alpha value is -1.42. The second kappa shape index (κ2) is 4.57. The fraction of sp³-hybridized carbons (Fsp3) is 0.333. The van der Waals surface area contributed by atoms with Crippen LogP contribution in [0.15, 0.2) is 18.3 Å². The lowest BCUT2D eigenvalue weighted by Gasteiger charge is -2.03. The molecule has 1 aromatic heterocycles. The summed E-state index contributed by atoms with van der Waals surface area (Å²) in [6, 6.07) is 3.79. The van der Waals surface area contributed by atoms with Gasteiger partial charge in [-0.3, -0.25) is 9.78 Å². The Labute approximate surface area is 77.2 Å². The average molecular weight is 179 g/mol. The van der Waals surface area contributed by atoms with Crippen molar-refractivity contribution in [2.75, 3.05) is 6.54 Å². The van der Waals surface area contributed by atoms with Crippen molar-refractivity contribution in [2.45, 2.75) is 13.5 Å². The van der Waals surface area contributed by atoms with Crippen LogP contribution in [0.2, 0.25) is 0 Å². The Morgan fingerprint density at radius 1 is 1.69 bits per heavy atom. The Kier molecular flexibility index (Phi) is 3.40. The number of aryl methyl sites for hydroxylation is 1. The number of pyridine rings is 1. The summed E-state index contributed by atoms with van der Waals surface area (Å²) in [5, 5.41) is 2.68. The van der Waals surface area contributed by atoms with E-state index in [0.717, 1.165) is 11.3 Å². The normalized spacial score (nSPS) is 9.69. The SMILES string of the molecule is Cc1cc(CNC(=O)CN)ccn1. The molecule has 70 valence electrons. The van der Waals surface area contributed by atoms with Gasteiger partial charge in [-0.05, 0) is 24.6 Å². The zero-order valence-corrected chi connectivity index (χ0v) is 7.58. The number of nitrogens with one attached hydrogen (secondary N) is 1. The van der Waals surface area contributed by atoms with Crippen LogP contribution < -0.4 is 11.1 Å². The van der Waals surface area contributed by atoms with Crippen molar-refractivity contribution < 1.29 is 4.79 Å². The predicted octanol–water partition coefficient (Wildman–Crippen LogP) is -0.0351. The molecule has 4 nitrogen and oxygen atoms in total. The first-order chi connectivity index (χ1) is 6.22. The van der Waals surface area contributed by atoms with Gasteiger partial charge in [-0.1, -0.05) is 0 Å². The van der Waals surface area contributed by atoms with E-state index < -0.39 is 0 Å². The van der Waals surface area contributed by atoms with E-state index >= 15 is 0 Å². The largest absolute Gasteiger partial charge is 0.351 e. The van der Waals surface area contributed by atoms with Crippen molar-refractivity contribution in [3.63, 3.8) is 0 Å². The molecule has 0 radical (unpaired) electrons. The highest BCUT2D eigenvalue weighted by Crippen LogP contribution is 1.99. The van der Waals surface area contributed by atoms with Crippen LogP contribution in [-0.4, -0.2) is 17.4 Å². The highest BCUT2D eigenvalue weighted by atomic mass is 16.1. The van der Waals surface area contributed by atoms with Crippen molar-refractivity contribution in [1.29, 1.82) is 0 Å². The molecule has 0 aliphatic rings. The maximum absolute atomic E-state index is 10.8. The van der Waals surface area contributed by atoms with E-state index in [-0.39, 0.29) is 12.5 Å². The van der Waals surface area contributed by atoms with Crippen LogP contribution in [0.5, 0.6) is 0 Å². The highest BCUT2D eigenvalue weighted by molar-refractivity contribution is 5.77. The van der Waals surface area contributed by atoms with Gasteiger partial charge in [0.05, 0.1) is 6.54 Å². The lowest BCUT2D eigenvalue weighted by Crippen LogP contribution is -2.29. The Balaban J connectivity index is 2.50. The molecule has 0 fully saturated rings. The molecule has 0 saturated heterocycles. The number of nitrogens with zero attached hydrogens (tertiary/aromatic N) is 1. The van der Waals surface area contributed by atoms with E-state index in [9.17, 15) is 4.79 Å². The van der Waals surface area contributed by atoms with Crippen LogP contribution in [0.4, 0.5) is 0 Å². The van der Waals surface area contributed by atoms with Crippen LogP contribution >= 0.6 is 0 Å². The minimum Gasteiger partial charge on any atom is -0.351 e. The molecule has 13 heavy (non-hydrogen) atoms. The second-order valence-electron chi connectivity index (χ2n) is 2.79. The molecule has 4 heteroatoms. The standard InChI is InChI=1S/C9H13N3O/c1-7-4-8(2-3-11-7)6-12-9(13)5-10/h2-4H,5-6,10H2,1H3,(H,12,13).